The van der Waals surface area contributed by atoms with Gasteiger partial charge in [0, 0.05) is 18.7 Å². The Morgan fingerprint density at radius 1 is 1.57 bits per heavy atom. The van der Waals surface area contributed by atoms with Crippen LogP contribution in [0.3, 0.4) is 0 Å². The maximum Gasteiger partial charge on any atom is 0.0588 e. The van der Waals surface area contributed by atoms with Crippen LogP contribution in [0.2, 0.25) is 0 Å². The van der Waals surface area contributed by atoms with Gasteiger partial charge >= 0.3 is 0 Å². The second-order valence-electron chi connectivity index (χ2n) is 4.84. The molecule has 2 rings (SSSR count). The van der Waals surface area contributed by atoms with E-state index < -0.39 is 0 Å². The maximum atomic E-state index is 5.59. The highest BCUT2D eigenvalue weighted by atomic mass is 16.5. The van der Waals surface area contributed by atoms with Gasteiger partial charge < -0.3 is 15.4 Å². The Morgan fingerprint density at radius 3 is 3.14 bits per heavy atom. The molecule has 2 aliphatic rings. The predicted molar refractivity (Wildman–Crippen MR) is 57.5 cm³/mol. The SMILES string of the molecule is CC1(NCCC2CCCO2)CCNC1. The topological polar surface area (TPSA) is 33.3 Å². The Labute approximate surface area is 86.6 Å². The van der Waals surface area contributed by atoms with Gasteiger partial charge in [0.1, 0.15) is 0 Å². The first-order valence-electron chi connectivity index (χ1n) is 5.86. The van der Waals surface area contributed by atoms with E-state index in [9.17, 15) is 0 Å². The van der Waals surface area contributed by atoms with Gasteiger partial charge in [-0.25, -0.2) is 0 Å². The number of hydrogen-bond donors (Lipinski definition) is 2. The Hall–Kier alpha value is -0.120. The van der Waals surface area contributed by atoms with Crippen LogP contribution in [0.25, 0.3) is 0 Å². The summed E-state index contributed by atoms with van der Waals surface area (Å²) in [6.07, 6.45) is 5.47. The molecule has 3 heteroatoms. The highest BCUT2D eigenvalue weighted by molar-refractivity contribution is 4.91. The zero-order chi connectivity index (χ0) is 9.86. The lowest BCUT2D eigenvalue weighted by Crippen LogP contribution is -2.45. The maximum absolute atomic E-state index is 5.59. The largest absolute Gasteiger partial charge is 0.378 e. The van der Waals surface area contributed by atoms with E-state index in [-0.39, 0.29) is 0 Å². The zero-order valence-electron chi connectivity index (χ0n) is 9.14. The molecule has 2 N–H and O–H groups in total. The normalized spacial score (nSPS) is 37.9. The van der Waals surface area contributed by atoms with E-state index in [0.717, 1.165) is 26.2 Å². The van der Waals surface area contributed by atoms with Crippen LogP contribution in [0.15, 0.2) is 0 Å². The van der Waals surface area contributed by atoms with Crippen LogP contribution < -0.4 is 10.6 Å². The molecule has 0 aliphatic carbocycles. The average molecular weight is 198 g/mol. The van der Waals surface area contributed by atoms with Crippen molar-refractivity contribution in [1.29, 1.82) is 0 Å². The number of rotatable bonds is 4. The van der Waals surface area contributed by atoms with Crippen molar-refractivity contribution in [2.24, 2.45) is 0 Å². The van der Waals surface area contributed by atoms with Crippen LogP contribution in [-0.4, -0.2) is 37.9 Å². The molecule has 0 saturated carbocycles. The standard InChI is InChI=1S/C11H22N2O/c1-11(5-7-12-9-11)13-6-4-10-3-2-8-14-10/h10,12-13H,2-9H2,1H3. The first-order chi connectivity index (χ1) is 6.79. The van der Waals surface area contributed by atoms with Crippen molar-refractivity contribution in [2.45, 2.75) is 44.2 Å². The third-order valence-corrected chi connectivity index (χ3v) is 3.41. The lowest BCUT2D eigenvalue weighted by molar-refractivity contribution is 0.102. The molecule has 2 heterocycles. The van der Waals surface area contributed by atoms with Gasteiger partial charge in [0.15, 0.2) is 0 Å². The summed E-state index contributed by atoms with van der Waals surface area (Å²) < 4.78 is 5.59. The molecule has 2 saturated heterocycles. The van der Waals surface area contributed by atoms with Crippen LogP contribution >= 0.6 is 0 Å². The van der Waals surface area contributed by atoms with Crippen molar-refractivity contribution in [3.63, 3.8) is 0 Å². The minimum Gasteiger partial charge on any atom is -0.378 e. The Morgan fingerprint density at radius 2 is 2.50 bits per heavy atom. The molecule has 0 aromatic rings. The van der Waals surface area contributed by atoms with Gasteiger partial charge in [-0.05, 0) is 45.7 Å². The van der Waals surface area contributed by atoms with Gasteiger partial charge in [0.2, 0.25) is 0 Å². The molecule has 0 spiro atoms. The minimum absolute atomic E-state index is 0.332. The molecule has 0 aromatic heterocycles. The van der Waals surface area contributed by atoms with Crippen molar-refractivity contribution >= 4 is 0 Å². The van der Waals surface area contributed by atoms with Crippen LogP contribution in [0.1, 0.15) is 32.6 Å². The van der Waals surface area contributed by atoms with E-state index in [1.807, 2.05) is 0 Å². The summed E-state index contributed by atoms with van der Waals surface area (Å²) in [4.78, 5) is 0. The number of nitrogens with one attached hydrogen (secondary N) is 2. The fourth-order valence-corrected chi connectivity index (χ4v) is 2.37. The molecule has 82 valence electrons. The zero-order valence-corrected chi connectivity index (χ0v) is 9.14. The molecule has 2 atom stereocenters. The Bertz CT molecular complexity index is 172. The van der Waals surface area contributed by atoms with Gasteiger partial charge in [0.05, 0.1) is 6.10 Å². The van der Waals surface area contributed by atoms with Crippen molar-refractivity contribution in [3.05, 3.63) is 0 Å². The van der Waals surface area contributed by atoms with Crippen LogP contribution in [-0.2, 0) is 4.74 Å². The molecule has 2 fully saturated rings. The molecule has 0 radical (unpaired) electrons. The molecular weight excluding hydrogens is 176 g/mol. The molecule has 3 nitrogen and oxygen atoms in total. The molecule has 0 amide bonds. The van der Waals surface area contributed by atoms with Gasteiger partial charge in [-0.15, -0.1) is 0 Å². The summed E-state index contributed by atoms with van der Waals surface area (Å²) in [7, 11) is 0. The van der Waals surface area contributed by atoms with Crippen molar-refractivity contribution in [1.82, 2.24) is 10.6 Å². The lowest BCUT2D eigenvalue weighted by atomic mass is 10.0. The third-order valence-electron chi connectivity index (χ3n) is 3.41. The van der Waals surface area contributed by atoms with Gasteiger partial charge in [0.25, 0.3) is 0 Å². The summed E-state index contributed by atoms with van der Waals surface area (Å²) in [5.74, 6) is 0. The minimum atomic E-state index is 0.332. The Kier molecular flexibility index (Phi) is 3.42. The second-order valence-corrected chi connectivity index (χ2v) is 4.84. The van der Waals surface area contributed by atoms with E-state index >= 15 is 0 Å². The van der Waals surface area contributed by atoms with Crippen molar-refractivity contribution < 1.29 is 4.74 Å². The first kappa shape index (κ1) is 10.4. The van der Waals surface area contributed by atoms with Gasteiger partial charge in [-0.3, -0.25) is 0 Å². The fourth-order valence-electron chi connectivity index (χ4n) is 2.37. The Balaban J connectivity index is 1.61. The van der Waals surface area contributed by atoms with Crippen LogP contribution in [0.5, 0.6) is 0 Å². The van der Waals surface area contributed by atoms with E-state index in [0.29, 0.717) is 11.6 Å². The number of hydrogen-bond acceptors (Lipinski definition) is 3. The second kappa shape index (κ2) is 4.60. The van der Waals surface area contributed by atoms with Crippen LogP contribution in [0, 0.1) is 0 Å². The molecule has 0 aromatic carbocycles. The summed E-state index contributed by atoms with van der Waals surface area (Å²) in [5, 5.41) is 7.04. The van der Waals surface area contributed by atoms with Gasteiger partial charge in [-0.2, -0.15) is 0 Å². The number of ether oxygens (including phenoxy) is 1. The van der Waals surface area contributed by atoms with E-state index in [1.54, 1.807) is 0 Å². The third kappa shape index (κ3) is 2.69. The predicted octanol–water partition coefficient (Wildman–Crippen LogP) is 0.897. The van der Waals surface area contributed by atoms with E-state index in [4.69, 9.17) is 4.74 Å². The first-order valence-corrected chi connectivity index (χ1v) is 5.86. The highest BCUT2D eigenvalue weighted by Gasteiger charge is 2.27. The molecule has 2 aliphatic heterocycles. The smallest absolute Gasteiger partial charge is 0.0588 e. The highest BCUT2D eigenvalue weighted by Crippen LogP contribution is 2.16. The quantitative estimate of drug-likeness (QED) is 0.704. The summed E-state index contributed by atoms with van der Waals surface area (Å²) >= 11 is 0. The fraction of sp³-hybridized carbons (Fsp3) is 1.00. The molecular formula is C11H22N2O. The van der Waals surface area contributed by atoms with E-state index in [2.05, 4.69) is 17.6 Å². The summed E-state index contributed by atoms with van der Waals surface area (Å²) in [5.41, 5.74) is 0.332. The van der Waals surface area contributed by atoms with Crippen LogP contribution in [0.4, 0.5) is 0 Å². The summed E-state index contributed by atoms with van der Waals surface area (Å²) in [6.45, 7) is 6.65. The lowest BCUT2D eigenvalue weighted by Gasteiger charge is -2.25. The molecule has 0 bridgehead atoms. The molecule has 2 unspecified atom stereocenters. The average Bonchev–Trinajstić information content (AvgIpc) is 2.77. The van der Waals surface area contributed by atoms with Crippen molar-refractivity contribution in [3.8, 4) is 0 Å². The van der Waals surface area contributed by atoms with Crippen molar-refractivity contribution in [2.75, 3.05) is 26.2 Å². The summed E-state index contributed by atoms with van der Waals surface area (Å²) in [6, 6.07) is 0. The van der Waals surface area contributed by atoms with E-state index in [1.165, 1.54) is 25.7 Å². The van der Waals surface area contributed by atoms with Gasteiger partial charge in [-0.1, -0.05) is 0 Å². The molecule has 14 heavy (non-hydrogen) atoms. The monoisotopic (exact) mass is 198 g/mol.